The van der Waals surface area contributed by atoms with Gasteiger partial charge in [0.25, 0.3) is 5.91 Å². The largest absolute Gasteiger partial charge is 0.422 e. The Labute approximate surface area is 172 Å². The van der Waals surface area contributed by atoms with Crippen LogP contribution in [0.4, 0.5) is 0 Å². The number of benzene rings is 2. The average molecular weight is 407 g/mol. The van der Waals surface area contributed by atoms with Crippen molar-refractivity contribution in [3.63, 3.8) is 0 Å². The molecule has 1 saturated heterocycles. The summed E-state index contributed by atoms with van der Waals surface area (Å²) in [6, 6.07) is 16.2. The number of amides is 1. The van der Waals surface area contributed by atoms with E-state index < -0.39 is 5.63 Å². The smallest absolute Gasteiger partial charge is 0.349 e. The molecule has 1 fully saturated rings. The lowest BCUT2D eigenvalue weighted by Gasteiger charge is -2.32. The molecule has 0 bridgehead atoms. The van der Waals surface area contributed by atoms with Gasteiger partial charge in [0.05, 0.1) is 0 Å². The summed E-state index contributed by atoms with van der Waals surface area (Å²) in [5, 5.41) is 0.703. The highest BCUT2D eigenvalue weighted by Gasteiger charge is 2.30. The van der Waals surface area contributed by atoms with E-state index in [1.807, 2.05) is 36.6 Å². The van der Waals surface area contributed by atoms with Crippen molar-refractivity contribution in [2.45, 2.75) is 17.7 Å². The van der Waals surface area contributed by atoms with Crippen LogP contribution in [0.1, 0.15) is 33.6 Å². The molecule has 1 amide bonds. The first-order valence-corrected chi connectivity index (χ1v) is 10.8. The number of likely N-dealkylation sites (tertiary alicyclic amines) is 1. The summed E-state index contributed by atoms with van der Waals surface area (Å²) in [6.45, 7) is 0.842. The van der Waals surface area contributed by atoms with Gasteiger partial charge in [-0.1, -0.05) is 30.3 Å². The van der Waals surface area contributed by atoms with Crippen molar-refractivity contribution >= 4 is 34.4 Å². The lowest BCUT2D eigenvalue weighted by Crippen LogP contribution is -2.43. The number of nitrogens with zero attached hydrogens (tertiary/aromatic N) is 1. The van der Waals surface area contributed by atoms with Gasteiger partial charge >= 0.3 is 5.63 Å². The monoisotopic (exact) mass is 407 g/mol. The summed E-state index contributed by atoms with van der Waals surface area (Å²) in [7, 11) is 0. The maximum Gasteiger partial charge on any atom is 0.349 e. The van der Waals surface area contributed by atoms with Crippen LogP contribution < -0.4 is 5.63 Å². The highest BCUT2D eigenvalue weighted by Crippen LogP contribution is 2.24. The molecule has 6 heteroatoms. The maximum atomic E-state index is 13.0. The predicted molar refractivity (Wildman–Crippen MR) is 114 cm³/mol. The molecule has 3 aromatic rings. The molecule has 0 radical (unpaired) electrons. The summed E-state index contributed by atoms with van der Waals surface area (Å²) < 4.78 is 5.30. The Morgan fingerprint density at radius 1 is 1.10 bits per heavy atom. The Kier molecular flexibility index (Phi) is 5.53. The molecule has 2 heterocycles. The van der Waals surface area contributed by atoms with Crippen LogP contribution in [-0.2, 0) is 0 Å². The normalized spacial score (nSPS) is 16.7. The fraction of sp³-hybridized carbons (Fsp3) is 0.261. The number of Topliss-reactive ketones (excluding diaryl/α,β-unsaturated/α-hetero) is 1. The molecular weight excluding hydrogens is 386 g/mol. The Morgan fingerprint density at radius 3 is 2.62 bits per heavy atom. The maximum absolute atomic E-state index is 13.0. The highest BCUT2D eigenvalue weighted by atomic mass is 32.2. The van der Waals surface area contributed by atoms with Crippen LogP contribution in [0, 0.1) is 5.92 Å². The van der Waals surface area contributed by atoms with E-state index >= 15 is 0 Å². The average Bonchev–Trinajstić information content (AvgIpc) is 2.77. The predicted octanol–water partition coefficient (Wildman–Crippen LogP) is 4.25. The Balaban J connectivity index is 1.54. The molecule has 0 saturated carbocycles. The molecular formula is C23H21NO4S. The van der Waals surface area contributed by atoms with E-state index in [2.05, 4.69) is 0 Å². The zero-order chi connectivity index (χ0) is 20.4. The summed E-state index contributed by atoms with van der Waals surface area (Å²) in [4.78, 5) is 41.0. The molecule has 0 aliphatic carbocycles. The molecule has 29 heavy (non-hydrogen) atoms. The number of ketones is 1. The molecule has 4 rings (SSSR count). The van der Waals surface area contributed by atoms with E-state index in [0.717, 1.165) is 17.7 Å². The first-order valence-electron chi connectivity index (χ1n) is 9.57. The van der Waals surface area contributed by atoms with Gasteiger partial charge in [-0.25, -0.2) is 4.79 Å². The second-order valence-corrected chi connectivity index (χ2v) is 8.05. The van der Waals surface area contributed by atoms with Crippen LogP contribution in [-0.4, -0.2) is 35.9 Å². The molecule has 5 nitrogen and oxygen atoms in total. The van der Waals surface area contributed by atoms with Gasteiger partial charge in [-0.15, -0.1) is 11.8 Å². The fourth-order valence-corrected chi connectivity index (χ4v) is 4.16. The fourth-order valence-electron chi connectivity index (χ4n) is 3.75. The van der Waals surface area contributed by atoms with Gasteiger partial charge < -0.3 is 9.32 Å². The number of para-hydroxylation sites is 1. The molecule has 1 unspecified atom stereocenters. The van der Waals surface area contributed by atoms with Crippen molar-refractivity contribution in [3.8, 4) is 0 Å². The Morgan fingerprint density at radius 2 is 1.86 bits per heavy atom. The quantitative estimate of drug-likeness (QED) is 0.367. The van der Waals surface area contributed by atoms with Crippen molar-refractivity contribution in [1.29, 1.82) is 0 Å². The zero-order valence-corrected chi connectivity index (χ0v) is 16.9. The number of thioether (sulfide) groups is 1. The van der Waals surface area contributed by atoms with Gasteiger partial charge in [0.2, 0.25) is 0 Å². The van der Waals surface area contributed by atoms with Crippen molar-refractivity contribution in [2.24, 2.45) is 5.92 Å². The Bertz CT molecular complexity index is 1120. The van der Waals surface area contributed by atoms with Gasteiger partial charge in [0, 0.05) is 34.9 Å². The summed E-state index contributed by atoms with van der Waals surface area (Å²) >= 11 is 1.63. The third kappa shape index (κ3) is 3.98. The topological polar surface area (TPSA) is 67.6 Å². The first-order chi connectivity index (χ1) is 14.1. The van der Waals surface area contributed by atoms with Crippen LogP contribution in [0.5, 0.6) is 0 Å². The van der Waals surface area contributed by atoms with Gasteiger partial charge in [-0.05, 0) is 43.4 Å². The molecule has 0 spiro atoms. The molecule has 148 valence electrons. The molecule has 0 N–H and O–H groups in total. The van der Waals surface area contributed by atoms with E-state index in [-0.39, 0.29) is 23.2 Å². The van der Waals surface area contributed by atoms with E-state index in [1.165, 1.54) is 0 Å². The van der Waals surface area contributed by atoms with Crippen LogP contribution >= 0.6 is 11.8 Å². The molecule has 1 aromatic heterocycles. The minimum atomic E-state index is -0.644. The number of carbonyl (C=O) groups excluding carboxylic acids is 2. The van der Waals surface area contributed by atoms with E-state index in [1.54, 1.807) is 40.9 Å². The standard InChI is InChI=1S/C23H21NO4S/c1-29-18-10-8-15(9-11-18)21(25)17-6-4-12-24(14-17)22(26)19-13-16-5-2-3-7-20(16)28-23(19)27/h2-3,5,7-11,13,17H,4,6,12,14H2,1H3. The SMILES string of the molecule is CSc1ccc(C(=O)C2CCCN(C(=O)c3cc4ccccc4oc3=O)C2)cc1. The minimum Gasteiger partial charge on any atom is -0.422 e. The summed E-state index contributed by atoms with van der Waals surface area (Å²) in [6.07, 6.45) is 3.45. The first kappa shape index (κ1) is 19.5. The van der Waals surface area contributed by atoms with Crippen molar-refractivity contribution in [2.75, 3.05) is 19.3 Å². The van der Waals surface area contributed by atoms with Crippen LogP contribution in [0.3, 0.4) is 0 Å². The van der Waals surface area contributed by atoms with Crippen molar-refractivity contribution in [3.05, 3.63) is 76.1 Å². The minimum absolute atomic E-state index is 0.0149. The lowest BCUT2D eigenvalue weighted by atomic mass is 9.89. The molecule has 2 aromatic carbocycles. The van der Waals surface area contributed by atoms with Gasteiger partial charge in [-0.2, -0.15) is 0 Å². The zero-order valence-electron chi connectivity index (χ0n) is 16.1. The van der Waals surface area contributed by atoms with E-state index in [0.29, 0.717) is 29.6 Å². The van der Waals surface area contributed by atoms with Crippen LogP contribution in [0.15, 0.2) is 68.7 Å². The number of hydrogen-bond acceptors (Lipinski definition) is 5. The number of carbonyl (C=O) groups is 2. The molecule has 1 aliphatic heterocycles. The summed E-state index contributed by atoms with van der Waals surface area (Å²) in [5.74, 6) is -0.597. The van der Waals surface area contributed by atoms with E-state index in [9.17, 15) is 14.4 Å². The second-order valence-electron chi connectivity index (χ2n) is 7.17. The number of fused-ring (bicyclic) bond motifs is 1. The van der Waals surface area contributed by atoms with Crippen LogP contribution in [0.2, 0.25) is 0 Å². The number of hydrogen-bond donors (Lipinski definition) is 0. The Hall–Kier alpha value is -2.86. The van der Waals surface area contributed by atoms with Crippen molar-refractivity contribution < 1.29 is 14.0 Å². The third-order valence-electron chi connectivity index (χ3n) is 5.33. The number of piperidine rings is 1. The second kappa shape index (κ2) is 8.25. The lowest BCUT2D eigenvalue weighted by molar-refractivity contribution is 0.0634. The number of rotatable bonds is 4. The molecule has 1 aliphatic rings. The highest BCUT2D eigenvalue weighted by molar-refractivity contribution is 7.98. The van der Waals surface area contributed by atoms with Gasteiger partial charge in [0.15, 0.2) is 5.78 Å². The van der Waals surface area contributed by atoms with Gasteiger partial charge in [-0.3, -0.25) is 9.59 Å². The van der Waals surface area contributed by atoms with Crippen LogP contribution in [0.25, 0.3) is 11.0 Å². The molecule has 1 atom stereocenters. The van der Waals surface area contributed by atoms with Crippen molar-refractivity contribution in [1.82, 2.24) is 4.90 Å². The summed E-state index contributed by atoms with van der Waals surface area (Å²) in [5.41, 5.74) is 0.484. The van der Waals surface area contributed by atoms with Gasteiger partial charge in [0.1, 0.15) is 11.1 Å². The van der Waals surface area contributed by atoms with E-state index in [4.69, 9.17) is 4.42 Å². The third-order valence-corrected chi connectivity index (χ3v) is 6.07.